The van der Waals surface area contributed by atoms with E-state index in [-0.39, 0.29) is 88.1 Å². The van der Waals surface area contributed by atoms with E-state index in [1.807, 2.05) is 0 Å². The zero-order valence-corrected chi connectivity index (χ0v) is 76.4. The van der Waals surface area contributed by atoms with Crippen LogP contribution in [0, 0.1) is 0 Å². The fourth-order valence-corrected chi connectivity index (χ4v) is 24.4. The summed E-state index contributed by atoms with van der Waals surface area (Å²) in [6.07, 6.45) is -14.8. The molecule has 27 atom stereocenters. The maximum Gasteiger partial charge on any atom is 0.386 e. The van der Waals surface area contributed by atoms with Gasteiger partial charge in [-0.15, -0.1) is 0 Å². The number of alkyl halides is 3. The first kappa shape index (κ1) is 93.2. The molecule has 6 bridgehead atoms. The molecule has 0 amide bonds. The Kier molecular flexibility index (Phi) is 25.4. The average Bonchev–Trinajstić information content (AvgIpc) is 1.61. The van der Waals surface area contributed by atoms with Crippen molar-refractivity contribution in [3.05, 3.63) is 105 Å². The fraction of sp³-hybridized carbons (Fsp3) is 0.500. The first-order chi connectivity index (χ1) is 62.7. The van der Waals surface area contributed by atoms with E-state index in [1.54, 1.807) is 0 Å². The normalized spacial score (nSPS) is 36.6. The lowest BCUT2D eigenvalue weighted by atomic mass is 10.1. The molecule has 57 nitrogen and oxygen atoms in total. The van der Waals surface area contributed by atoms with Gasteiger partial charge < -0.3 is 123 Å². The number of thiol groups is 1. The Bertz CT molecular complexity index is 6380. The van der Waals surface area contributed by atoms with Gasteiger partial charge in [0, 0.05) is 19.3 Å². The van der Waals surface area contributed by atoms with Crippen LogP contribution in [0.4, 0.5) is 48.5 Å². The largest absolute Gasteiger partial charge is 0.386 e. The maximum atomic E-state index is 15.8. The standard InChI is InChI=1S/3C20H23FN10O9P2S2/c3*21-12-11-4-36-41(33,43)39-9-1-8(7-2-24-17-15(22)25-5-27-31(7)17)37-10(9)3-35-42(34,44)40-14(12)19(38-11)30-6-26-13-16(30)28-20(23)29-18(13)32/h3*2,5-6,8-12,14,19H,1,3-4H2,(H,33,43)(H,34,44)(H2,22,25,27)(H3,23,28,29,32)/t3*8-,9+,10-,11-,12-,14-,19-,41?,42?/m111/s1. The molecule has 9 aliphatic heterocycles. The Labute approximate surface area is 761 Å². The molecule has 0 saturated carbocycles. The molecule has 72 heteroatoms. The number of aromatic amines is 3. The quantitative estimate of drug-likeness (QED) is 0.0772. The zero-order valence-electron chi connectivity index (χ0n) is 66.1. The van der Waals surface area contributed by atoms with Crippen molar-refractivity contribution in [3.63, 3.8) is 0 Å². The Hall–Kier alpha value is -7.80. The Balaban J connectivity index is 0.000000128. The van der Waals surface area contributed by atoms with E-state index in [0.29, 0.717) is 34.0 Å². The second-order valence-corrected chi connectivity index (χ2v) is 46.8. The summed E-state index contributed by atoms with van der Waals surface area (Å²) in [5, 5.41) is 12.5. The summed E-state index contributed by atoms with van der Waals surface area (Å²) in [5.74, 6) is -0.230. The summed E-state index contributed by atoms with van der Waals surface area (Å²) >= 11 is 30.2. The minimum atomic E-state index is -4.34. The minimum Gasteiger partial charge on any atom is -0.381 e. The van der Waals surface area contributed by atoms with Gasteiger partial charge >= 0.3 is 40.4 Å². The molecule has 9 fully saturated rings. The molecule has 0 aliphatic carbocycles. The highest BCUT2D eigenvalue weighted by atomic mass is 32.7. The molecule has 21 heterocycles. The van der Waals surface area contributed by atoms with Gasteiger partial charge in [0.25, 0.3) is 16.7 Å². The molecular weight excluding hydrogens is 2010 g/mol. The predicted octanol–water partition coefficient (Wildman–Crippen LogP) is 0.0357. The zero-order chi connectivity index (χ0) is 92.9. The van der Waals surface area contributed by atoms with Gasteiger partial charge in [0.1, 0.15) is 92.2 Å². The first-order valence-corrected chi connectivity index (χ1v) is 54.1. The van der Waals surface area contributed by atoms with Crippen LogP contribution in [0.2, 0.25) is 0 Å². The molecule has 21 rings (SSSR count). The third-order valence-electron chi connectivity index (χ3n) is 21.6. The summed E-state index contributed by atoms with van der Waals surface area (Å²) in [7, 11) is 0. The molecule has 132 heavy (non-hydrogen) atoms. The maximum absolute atomic E-state index is 15.8. The van der Waals surface area contributed by atoms with Gasteiger partial charge in [0.15, 0.2) is 105 Å². The van der Waals surface area contributed by atoms with Crippen LogP contribution >= 0.6 is 52.6 Å². The highest BCUT2D eigenvalue weighted by molar-refractivity contribution is 8.44. The van der Waals surface area contributed by atoms with Gasteiger partial charge in [-0.2, -0.15) is 30.2 Å². The van der Waals surface area contributed by atoms with Crippen LogP contribution in [-0.2, 0) is 146 Å². The molecular formula is C60H69F3N30O27P6S6. The van der Waals surface area contributed by atoms with Crippen molar-refractivity contribution in [2.45, 2.75) is 148 Å². The van der Waals surface area contributed by atoms with Crippen molar-refractivity contribution >= 4 is 197 Å². The predicted molar refractivity (Wildman–Crippen MR) is 460 cm³/mol. The van der Waals surface area contributed by atoms with Crippen molar-refractivity contribution < 1.29 is 125 Å². The molecule has 6 unspecified atom stereocenters. The number of H-pyrrole nitrogens is 3. The lowest BCUT2D eigenvalue weighted by Gasteiger charge is -2.27. The number of rotatable bonds is 6. The summed E-state index contributed by atoms with van der Waals surface area (Å²) in [6.45, 7) is -27.9. The van der Waals surface area contributed by atoms with Crippen molar-refractivity contribution in [1.82, 2.24) is 117 Å². The van der Waals surface area contributed by atoms with Crippen molar-refractivity contribution in [2.24, 2.45) is 0 Å². The van der Waals surface area contributed by atoms with Gasteiger partial charge in [-0.3, -0.25) is 61.1 Å². The van der Waals surface area contributed by atoms with Crippen LogP contribution in [-0.4, -0.2) is 273 Å². The van der Waals surface area contributed by atoms with E-state index in [1.165, 1.54) is 77.5 Å². The van der Waals surface area contributed by atoms with Crippen LogP contribution < -0.4 is 51.1 Å². The number of nitrogens with one attached hydrogen (secondary N) is 3. The molecule has 20 N–H and O–H groups in total. The highest BCUT2D eigenvalue weighted by Gasteiger charge is 2.57. The van der Waals surface area contributed by atoms with Crippen molar-refractivity contribution in [2.75, 3.05) is 74.0 Å². The highest BCUT2D eigenvalue weighted by Crippen LogP contribution is 2.61. The van der Waals surface area contributed by atoms with Crippen LogP contribution in [0.3, 0.4) is 0 Å². The SMILES string of the molecule is Nc1nc2c(ncn2[C@@H]2O[C@@H]3COP(O)(=S)O[C@H]4C[C@H](c5cnc6c(N)ncnn56)O[C@@H]4COP(=O)(S)O[C@@H]2[C@@H]3F)c(=O)[nH]1.Nc1nc2c(ncn2[C@@H]2O[C@@H]3COP(O)(=S)O[C@H]4C[C@H](c5cnc6c(N)ncnn56)O[C@@H]4COP(O)(=S)O[C@@H]2[C@@H]3F)c(=O)[nH]1.Nc1nc2c(ncn2[C@@H]2O[C@@H]3COP(O)(=S)O[C@H]4C[C@H](c5cnc6c(N)ncnn56)O[C@@H]4COP(O)(=S)O[C@@H]2[C@@H]3F)c(=O)[nH]1. The van der Waals surface area contributed by atoms with Crippen LogP contribution in [0.5, 0.6) is 0 Å². The van der Waals surface area contributed by atoms with Crippen LogP contribution in [0.25, 0.3) is 50.4 Å². The second kappa shape index (κ2) is 36.0. The van der Waals surface area contributed by atoms with Gasteiger partial charge in [0.2, 0.25) is 17.8 Å². The van der Waals surface area contributed by atoms with E-state index in [4.69, 9.17) is 176 Å². The molecule has 0 radical (unpaired) electrons. The Morgan fingerprint density at radius 2 is 0.644 bits per heavy atom. The van der Waals surface area contributed by atoms with E-state index in [2.05, 4.69) is 102 Å². The van der Waals surface area contributed by atoms with E-state index in [0.717, 1.165) is 6.33 Å². The number of halogens is 3. The third-order valence-corrected chi connectivity index (χ3v) is 31.1. The third kappa shape index (κ3) is 18.7. The Morgan fingerprint density at radius 3 is 0.947 bits per heavy atom. The summed E-state index contributed by atoms with van der Waals surface area (Å²) < 4.78 is 172. The smallest absolute Gasteiger partial charge is 0.381 e. The van der Waals surface area contributed by atoms with Gasteiger partial charge in [-0.1, -0.05) is 12.2 Å². The molecule has 9 saturated heterocycles. The van der Waals surface area contributed by atoms with Crippen LogP contribution in [0.1, 0.15) is 73.3 Å². The lowest BCUT2D eigenvalue weighted by molar-refractivity contribution is -0.0555. The first-order valence-electron chi connectivity index (χ1n) is 38.5. The molecule has 708 valence electrons. The number of nitrogens with zero attached hydrogens (tertiary/aromatic N) is 21. The second-order valence-electron chi connectivity index (χ2n) is 30.0. The van der Waals surface area contributed by atoms with Gasteiger partial charge in [0.05, 0.1) is 113 Å². The topological polar surface area (TPSA) is 760 Å². The minimum absolute atomic E-state index is 0.0461. The summed E-state index contributed by atoms with van der Waals surface area (Å²) in [6, 6.07) is 0. The number of aromatic nitrogens is 24. The van der Waals surface area contributed by atoms with E-state index < -0.39 is 225 Å². The van der Waals surface area contributed by atoms with Gasteiger partial charge in [-0.25, -0.2) is 76.1 Å². The number of nitrogen functional groups attached to an aromatic ring is 6. The summed E-state index contributed by atoms with van der Waals surface area (Å²) in [5.41, 5.74) is 34.7. The Morgan fingerprint density at radius 1 is 0.371 bits per heavy atom. The number of ether oxygens (including phenoxy) is 6. The van der Waals surface area contributed by atoms with E-state index in [9.17, 15) is 43.4 Å². The molecule has 0 aromatic carbocycles. The number of hydrogen-bond donors (Lipinski definition) is 15. The number of fused-ring (bicyclic) bond motifs is 15. The molecule has 12 aromatic rings. The van der Waals surface area contributed by atoms with E-state index >= 15 is 13.2 Å². The fourth-order valence-electron chi connectivity index (χ4n) is 15.8. The van der Waals surface area contributed by atoms with Crippen LogP contribution in [0.15, 0.2) is 70.9 Å². The number of anilines is 6. The molecule has 9 aliphatic rings. The number of nitrogens with two attached hydrogens (primary N) is 6. The monoisotopic (exact) mass is 2080 g/mol. The molecule has 0 spiro atoms. The molecule has 12 aromatic heterocycles. The number of imidazole rings is 6. The van der Waals surface area contributed by atoms with Gasteiger partial charge in [-0.05, 0) is 59.0 Å². The summed E-state index contributed by atoms with van der Waals surface area (Å²) in [4.78, 5) is 147. The number of hydrogen-bond acceptors (Lipinski definition) is 48. The van der Waals surface area contributed by atoms with Crippen molar-refractivity contribution in [3.8, 4) is 0 Å². The average molecular weight is 2080 g/mol. The lowest BCUT2D eigenvalue weighted by Crippen LogP contribution is -2.32. The van der Waals surface area contributed by atoms with Crippen molar-refractivity contribution in [1.29, 1.82) is 0 Å².